The Balaban J connectivity index is 2.12. The Kier molecular flexibility index (Phi) is 4.38. The molecule has 1 aliphatic carbocycles. The lowest BCUT2D eigenvalue weighted by molar-refractivity contribution is 0.0747. The van der Waals surface area contributed by atoms with Gasteiger partial charge in [-0.25, -0.2) is 4.39 Å². The first-order valence-electron chi connectivity index (χ1n) is 6.36. The molecule has 0 unspecified atom stereocenters. The van der Waals surface area contributed by atoms with Crippen LogP contribution in [-0.4, -0.2) is 23.9 Å². The van der Waals surface area contributed by atoms with Crippen LogP contribution in [0, 0.1) is 11.7 Å². The van der Waals surface area contributed by atoms with Crippen molar-refractivity contribution in [1.29, 1.82) is 0 Å². The summed E-state index contributed by atoms with van der Waals surface area (Å²) in [6, 6.07) is 4.57. The quantitative estimate of drug-likeness (QED) is 0.808. The molecule has 0 radical (unpaired) electrons. The van der Waals surface area contributed by atoms with Crippen LogP contribution in [0.1, 0.15) is 36.5 Å². The zero-order valence-corrected chi connectivity index (χ0v) is 12.0. The molecule has 2 nitrogen and oxygen atoms in total. The van der Waals surface area contributed by atoms with Crippen LogP contribution in [0.2, 0.25) is 0 Å². The highest BCUT2D eigenvalue weighted by Gasteiger charge is 2.27. The Bertz CT molecular complexity index is 445. The molecule has 1 aromatic rings. The molecule has 4 heteroatoms. The Hall–Kier alpha value is -0.900. The fourth-order valence-electron chi connectivity index (χ4n) is 1.97. The fourth-order valence-corrected chi connectivity index (χ4v) is 2.22. The summed E-state index contributed by atoms with van der Waals surface area (Å²) in [6.45, 7) is 3.60. The van der Waals surface area contributed by atoms with Gasteiger partial charge in [0.25, 0.3) is 5.91 Å². The summed E-state index contributed by atoms with van der Waals surface area (Å²) in [7, 11) is 0. The van der Waals surface area contributed by atoms with Crippen LogP contribution in [-0.2, 0) is 0 Å². The van der Waals surface area contributed by atoms with E-state index < -0.39 is 0 Å². The second-order valence-electron chi connectivity index (χ2n) is 4.82. The maximum absolute atomic E-state index is 13.4. The maximum Gasteiger partial charge on any atom is 0.253 e. The van der Waals surface area contributed by atoms with Crippen LogP contribution >= 0.6 is 15.9 Å². The van der Waals surface area contributed by atoms with Gasteiger partial charge < -0.3 is 4.90 Å². The van der Waals surface area contributed by atoms with Crippen molar-refractivity contribution in [1.82, 2.24) is 4.90 Å². The van der Waals surface area contributed by atoms with Crippen LogP contribution in [0.4, 0.5) is 4.39 Å². The summed E-state index contributed by atoms with van der Waals surface area (Å²) in [5, 5.41) is 0. The normalized spacial score (nSPS) is 14.6. The van der Waals surface area contributed by atoms with E-state index in [0.29, 0.717) is 16.0 Å². The molecule has 1 fully saturated rings. The van der Waals surface area contributed by atoms with Crippen molar-refractivity contribution in [2.45, 2.75) is 26.2 Å². The molecular formula is C14H17BrFNO. The number of hydrogen-bond donors (Lipinski definition) is 0. The van der Waals surface area contributed by atoms with Crippen LogP contribution in [0.25, 0.3) is 0 Å². The minimum absolute atomic E-state index is 0.0600. The van der Waals surface area contributed by atoms with E-state index in [1.807, 2.05) is 4.90 Å². The van der Waals surface area contributed by atoms with E-state index in [0.717, 1.165) is 19.5 Å². The summed E-state index contributed by atoms with van der Waals surface area (Å²) < 4.78 is 13.8. The van der Waals surface area contributed by atoms with Gasteiger partial charge in [-0.2, -0.15) is 0 Å². The first kappa shape index (κ1) is 13.5. The first-order valence-corrected chi connectivity index (χ1v) is 7.15. The molecule has 1 aromatic carbocycles. The third-order valence-corrected chi connectivity index (χ3v) is 3.77. The summed E-state index contributed by atoms with van der Waals surface area (Å²) >= 11 is 3.10. The average molecular weight is 314 g/mol. The minimum Gasteiger partial charge on any atom is -0.338 e. The van der Waals surface area contributed by atoms with Gasteiger partial charge in [0.15, 0.2) is 0 Å². The third-order valence-electron chi connectivity index (χ3n) is 3.12. The van der Waals surface area contributed by atoms with Crippen molar-refractivity contribution in [2.75, 3.05) is 13.1 Å². The van der Waals surface area contributed by atoms with E-state index in [-0.39, 0.29) is 11.7 Å². The number of halogens is 2. The van der Waals surface area contributed by atoms with Gasteiger partial charge in [0, 0.05) is 18.7 Å². The van der Waals surface area contributed by atoms with Crippen molar-refractivity contribution in [3.63, 3.8) is 0 Å². The Morgan fingerprint density at radius 2 is 2.22 bits per heavy atom. The predicted molar refractivity (Wildman–Crippen MR) is 73.0 cm³/mol. The highest BCUT2D eigenvalue weighted by molar-refractivity contribution is 9.10. The Morgan fingerprint density at radius 3 is 2.78 bits per heavy atom. The molecule has 1 amide bonds. The molecule has 2 rings (SSSR count). The van der Waals surface area contributed by atoms with Gasteiger partial charge >= 0.3 is 0 Å². The lowest BCUT2D eigenvalue weighted by Gasteiger charge is -2.22. The second kappa shape index (κ2) is 5.83. The van der Waals surface area contributed by atoms with Gasteiger partial charge in [0.2, 0.25) is 0 Å². The standard InChI is InChI=1S/C14H17BrFNO/c1-2-7-17(9-10-3-4-10)14(18)11-5-6-12(15)13(16)8-11/h5-6,8,10H,2-4,7,9H2,1H3. The number of carbonyl (C=O) groups is 1. The molecule has 0 bridgehead atoms. The number of rotatable bonds is 5. The monoisotopic (exact) mass is 313 g/mol. The second-order valence-corrected chi connectivity index (χ2v) is 5.68. The summed E-state index contributed by atoms with van der Waals surface area (Å²) in [5.74, 6) is 0.208. The summed E-state index contributed by atoms with van der Waals surface area (Å²) in [4.78, 5) is 14.2. The predicted octanol–water partition coefficient (Wildman–Crippen LogP) is 3.85. The first-order chi connectivity index (χ1) is 8.61. The van der Waals surface area contributed by atoms with Gasteiger partial charge in [-0.05, 0) is 59.3 Å². The topological polar surface area (TPSA) is 20.3 Å². The Morgan fingerprint density at radius 1 is 1.50 bits per heavy atom. The number of hydrogen-bond acceptors (Lipinski definition) is 1. The van der Waals surface area contributed by atoms with Gasteiger partial charge in [0.05, 0.1) is 4.47 Å². The van der Waals surface area contributed by atoms with Crippen molar-refractivity contribution >= 4 is 21.8 Å². The third kappa shape index (κ3) is 3.31. The van der Waals surface area contributed by atoms with E-state index in [9.17, 15) is 9.18 Å². The molecule has 98 valence electrons. The van der Waals surface area contributed by atoms with Gasteiger partial charge in [0.1, 0.15) is 5.82 Å². The van der Waals surface area contributed by atoms with E-state index in [1.54, 1.807) is 12.1 Å². The lowest BCUT2D eigenvalue weighted by Crippen LogP contribution is -2.33. The largest absolute Gasteiger partial charge is 0.338 e. The number of amides is 1. The van der Waals surface area contributed by atoms with Crippen molar-refractivity contribution < 1.29 is 9.18 Å². The number of nitrogens with zero attached hydrogens (tertiary/aromatic N) is 1. The highest BCUT2D eigenvalue weighted by atomic mass is 79.9. The van der Waals surface area contributed by atoms with Gasteiger partial charge in [-0.1, -0.05) is 6.92 Å². The molecule has 0 aliphatic heterocycles. The smallest absolute Gasteiger partial charge is 0.253 e. The van der Waals surface area contributed by atoms with Crippen LogP contribution < -0.4 is 0 Å². The van der Waals surface area contributed by atoms with Crippen molar-refractivity contribution in [3.05, 3.63) is 34.1 Å². The maximum atomic E-state index is 13.4. The molecule has 1 aliphatic rings. The number of carbonyl (C=O) groups excluding carboxylic acids is 1. The molecule has 0 heterocycles. The summed E-state index contributed by atoms with van der Waals surface area (Å²) in [5.41, 5.74) is 0.435. The Labute approximate surface area is 115 Å². The zero-order valence-electron chi connectivity index (χ0n) is 10.5. The zero-order chi connectivity index (χ0) is 13.1. The van der Waals surface area contributed by atoms with E-state index >= 15 is 0 Å². The molecule has 0 spiro atoms. The molecule has 1 saturated carbocycles. The molecule has 0 atom stereocenters. The van der Waals surface area contributed by atoms with Crippen molar-refractivity contribution in [2.24, 2.45) is 5.92 Å². The average Bonchev–Trinajstić information content (AvgIpc) is 3.15. The minimum atomic E-state index is -0.385. The number of benzene rings is 1. The van der Waals surface area contributed by atoms with Crippen molar-refractivity contribution in [3.8, 4) is 0 Å². The van der Waals surface area contributed by atoms with E-state index in [2.05, 4.69) is 22.9 Å². The lowest BCUT2D eigenvalue weighted by atomic mass is 10.2. The summed E-state index contributed by atoms with van der Waals surface area (Å²) in [6.07, 6.45) is 3.35. The van der Waals surface area contributed by atoms with E-state index in [4.69, 9.17) is 0 Å². The van der Waals surface area contributed by atoms with Crippen LogP contribution in [0.15, 0.2) is 22.7 Å². The molecule has 0 saturated heterocycles. The van der Waals surface area contributed by atoms with Gasteiger partial charge in [-0.15, -0.1) is 0 Å². The van der Waals surface area contributed by atoms with Crippen LogP contribution in [0.5, 0.6) is 0 Å². The SMILES string of the molecule is CCCN(CC1CC1)C(=O)c1ccc(Br)c(F)c1. The fraction of sp³-hybridized carbons (Fsp3) is 0.500. The molecule has 18 heavy (non-hydrogen) atoms. The van der Waals surface area contributed by atoms with Gasteiger partial charge in [-0.3, -0.25) is 4.79 Å². The van der Waals surface area contributed by atoms with E-state index in [1.165, 1.54) is 18.9 Å². The molecule has 0 aromatic heterocycles. The molecule has 0 N–H and O–H groups in total. The molecular weight excluding hydrogens is 297 g/mol. The van der Waals surface area contributed by atoms with Crippen LogP contribution in [0.3, 0.4) is 0 Å². The highest BCUT2D eigenvalue weighted by Crippen LogP contribution is 2.30.